The molecule has 2 fully saturated rings. The number of nitrogens with one attached hydrogen (secondary N) is 4. The normalized spacial score (nSPS) is 19.7. The molecule has 0 spiro atoms. The second-order valence-corrected chi connectivity index (χ2v) is 16.7. The van der Waals surface area contributed by atoms with Gasteiger partial charge in [0.1, 0.15) is 38.6 Å². The Morgan fingerprint density at radius 1 is 0.586 bits per heavy atom. The number of hydrogen-bond donors (Lipinski definition) is 4. The number of amides is 4. The van der Waals surface area contributed by atoms with E-state index in [0.29, 0.717) is 39.0 Å². The van der Waals surface area contributed by atoms with E-state index >= 15 is 0 Å². The zero-order chi connectivity index (χ0) is 43.5. The van der Waals surface area contributed by atoms with Crippen molar-refractivity contribution < 1.29 is 66.7 Å². The van der Waals surface area contributed by atoms with Crippen molar-refractivity contribution in [3.05, 3.63) is 24.3 Å². The Bertz CT molecular complexity index is 1320. The Kier molecular flexibility index (Phi) is 20.8. The highest BCUT2D eigenvalue weighted by Crippen LogP contribution is 2.31. The minimum atomic E-state index is -0.658. The molecule has 6 atom stereocenters. The van der Waals surface area contributed by atoms with Gasteiger partial charge in [-0.3, -0.25) is 0 Å². The molecule has 0 aliphatic carbocycles. The molecule has 0 bridgehead atoms. The quantitative estimate of drug-likeness (QED) is 0.0454. The topological polar surface area (TPSA) is 224 Å². The van der Waals surface area contributed by atoms with Crippen LogP contribution in [0.15, 0.2) is 24.3 Å². The fourth-order valence-electron chi connectivity index (χ4n) is 6.57. The minimum absolute atomic E-state index is 0.0565. The molecule has 4 amide bonds. The van der Waals surface area contributed by atoms with E-state index in [1.54, 1.807) is 0 Å². The summed E-state index contributed by atoms with van der Waals surface area (Å²) >= 11 is 0. The van der Waals surface area contributed by atoms with Gasteiger partial charge in [-0.15, -0.1) is 0 Å². The van der Waals surface area contributed by atoms with Gasteiger partial charge in [0.2, 0.25) is 0 Å². The summed E-state index contributed by atoms with van der Waals surface area (Å²) in [6.45, 7) is 23.7. The summed E-state index contributed by atoms with van der Waals surface area (Å²) in [6, 6.07) is 0. The Morgan fingerprint density at radius 2 is 0.931 bits per heavy atom. The molecular weight excluding hydrogens is 760 g/mol. The number of rotatable bonds is 24. The lowest BCUT2D eigenvalue weighted by Crippen LogP contribution is -2.40. The number of carbonyl (C=O) groups excluding carboxylic acids is 6. The van der Waals surface area contributed by atoms with Crippen LogP contribution in [-0.4, -0.2) is 127 Å². The van der Waals surface area contributed by atoms with E-state index in [4.69, 9.17) is 37.9 Å². The van der Waals surface area contributed by atoms with E-state index < -0.39 is 60.7 Å². The Morgan fingerprint density at radius 3 is 1.28 bits per heavy atom. The van der Waals surface area contributed by atoms with Gasteiger partial charge in [-0.25, -0.2) is 28.8 Å². The first kappa shape index (κ1) is 49.6. The Labute approximate surface area is 342 Å². The van der Waals surface area contributed by atoms with Gasteiger partial charge in [0.25, 0.3) is 0 Å². The van der Waals surface area contributed by atoms with Crippen LogP contribution in [0.5, 0.6) is 0 Å². The highest BCUT2D eigenvalue weighted by Gasteiger charge is 2.51. The van der Waals surface area contributed by atoms with E-state index in [0.717, 1.165) is 12.8 Å². The van der Waals surface area contributed by atoms with E-state index in [1.165, 1.54) is 13.8 Å². The third-order valence-corrected chi connectivity index (χ3v) is 9.31. The lowest BCUT2D eigenvalue weighted by atomic mass is 9.82. The van der Waals surface area contributed by atoms with E-state index in [1.807, 2.05) is 27.7 Å². The molecule has 0 aromatic rings. The lowest BCUT2D eigenvalue weighted by molar-refractivity contribution is -0.140. The van der Waals surface area contributed by atoms with Crippen molar-refractivity contribution in [3.63, 3.8) is 0 Å². The van der Waals surface area contributed by atoms with E-state index in [-0.39, 0.29) is 73.5 Å². The molecule has 0 saturated carbocycles. The summed E-state index contributed by atoms with van der Waals surface area (Å²) < 4.78 is 42.7. The number of hydrogen-bond acceptors (Lipinski definition) is 14. The largest absolute Gasteiger partial charge is 0.459 e. The maximum absolute atomic E-state index is 12.6. The third kappa shape index (κ3) is 19.7. The second kappa shape index (κ2) is 24.4. The standard InChI is InChI=1S/C40H66N4O14/c1-25(2)33(45)51-15-17-53-35(47)43-23-39(7,8)19-27(5)11-13-41-37(49)57-29-21-55-32-30(22-56-31(29)32)58-38(50)42-14-12-28(6)20-40(9,10)24-44-36(48)54-18-16-52-34(46)26(3)4/h27-32H,1,3,11-24H2,2,4-10H3,(H,41,49)(H,42,50)(H,43,47)(H,44,48)/t27?,28?,29-,30+,31-,32-/m1/s1. The van der Waals surface area contributed by atoms with Crippen molar-refractivity contribution in [2.75, 3.05) is 65.8 Å². The van der Waals surface area contributed by atoms with Crippen molar-refractivity contribution in [1.82, 2.24) is 21.3 Å². The van der Waals surface area contributed by atoms with Gasteiger partial charge in [0.15, 0.2) is 12.2 Å². The lowest BCUT2D eigenvalue weighted by Gasteiger charge is -2.28. The molecule has 2 aliphatic rings. The van der Waals surface area contributed by atoms with Crippen molar-refractivity contribution >= 4 is 36.3 Å². The number of alkyl carbamates (subject to hydrolysis) is 4. The molecule has 0 aromatic heterocycles. The minimum Gasteiger partial charge on any atom is -0.459 e. The molecule has 18 nitrogen and oxygen atoms in total. The fourth-order valence-corrected chi connectivity index (χ4v) is 6.57. The summed E-state index contributed by atoms with van der Waals surface area (Å²) in [5.41, 5.74) is 0.0321. The van der Waals surface area contributed by atoms with Gasteiger partial charge in [-0.05, 0) is 62.2 Å². The smallest absolute Gasteiger partial charge is 0.407 e. The highest BCUT2D eigenvalue weighted by atomic mass is 16.7. The molecule has 2 saturated heterocycles. The first-order chi connectivity index (χ1) is 27.2. The third-order valence-electron chi connectivity index (χ3n) is 9.31. The average Bonchev–Trinajstić information content (AvgIpc) is 3.72. The molecule has 4 N–H and O–H groups in total. The summed E-state index contributed by atoms with van der Waals surface area (Å²) in [4.78, 5) is 72.0. The molecule has 0 radical (unpaired) electrons. The average molecular weight is 827 g/mol. The number of ether oxygens (including phenoxy) is 8. The number of carbonyl (C=O) groups is 6. The van der Waals surface area contributed by atoms with Gasteiger partial charge in [-0.2, -0.15) is 0 Å². The summed E-state index contributed by atoms with van der Waals surface area (Å²) in [5.74, 6) is -0.656. The summed E-state index contributed by atoms with van der Waals surface area (Å²) in [5, 5.41) is 11.0. The van der Waals surface area contributed by atoms with Crippen LogP contribution >= 0.6 is 0 Å². The highest BCUT2D eigenvalue weighted by molar-refractivity contribution is 5.87. The number of esters is 2. The maximum Gasteiger partial charge on any atom is 0.407 e. The Balaban J connectivity index is 1.59. The summed E-state index contributed by atoms with van der Waals surface area (Å²) in [6.07, 6.45) is -1.98. The number of fused-ring (bicyclic) bond motifs is 1. The monoisotopic (exact) mass is 826 g/mol. The molecule has 2 rings (SSSR count). The Hall–Kier alpha value is -4.58. The van der Waals surface area contributed by atoms with E-state index in [2.05, 4.69) is 48.3 Å². The van der Waals surface area contributed by atoms with Crippen LogP contribution in [0, 0.1) is 22.7 Å². The van der Waals surface area contributed by atoms with Gasteiger partial charge >= 0.3 is 36.3 Å². The van der Waals surface area contributed by atoms with Gasteiger partial charge < -0.3 is 59.2 Å². The second-order valence-electron chi connectivity index (χ2n) is 16.7. The zero-order valence-electron chi connectivity index (χ0n) is 35.5. The van der Waals surface area contributed by atoms with Crippen molar-refractivity contribution in [2.45, 2.75) is 105 Å². The van der Waals surface area contributed by atoms with Crippen LogP contribution in [-0.2, 0) is 47.5 Å². The molecule has 0 aromatic carbocycles. The fraction of sp³-hybridized carbons (Fsp3) is 0.750. The van der Waals surface area contributed by atoms with Crippen molar-refractivity contribution in [3.8, 4) is 0 Å². The van der Waals surface area contributed by atoms with Gasteiger partial charge in [0, 0.05) is 37.3 Å². The van der Waals surface area contributed by atoms with E-state index in [9.17, 15) is 28.8 Å². The van der Waals surface area contributed by atoms with Crippen molar-refractivity contribution in [1.29, 1.82) is 0 Å². The zero-order valence-corrected chi connectivity index (χ0v) is 35.5. The van der Waals surface area contributed by atoms with Gasteiger partial charge in [0.05, 0.1) is 13.2 Å². The molecule has 330 valence electrons. The maximum atomic E-state index is 12.6. The van der Waals surface area contributed by atoms with Crippen LogP contribution in [0.4, 0.5) is 19.2 Å². The first-order valence-electron chi connectivity index (χ1n) is 19.8. The molecule has 2 aliphatic heterocycles. The van der Waals surface area contributed by atoms with Crippen LogP contribution in [0.1, 0.15) is 81.1 Å². The van der Waals surface area contributed by atoms with Crippen LogP contribution in [0.25, 0.3) is 0 Å². The van der Waals surface area contributed by atoms with Crippen LogP contribution in [0.2, 0.25) is 0 Å². The van der Waals surface area contributed by atoms with Crippen LogP contribution < -0.4 is 21.3 Å². The SMILES string of the molecule is C=C(C)C(=O)OCCOC(=O)NCC(C)(C)CC(C)CCNC(=O)O[C@H]1CO[C@H]2[C@@H]1OC[C@H]2OC(=O)NCCC(C)CC(C)(C)CNC(=O)OCCOC(=O)C(=C)C. The molecule has 2 unspecified atom stereocenters. The predicted octanol–water partition coefficient (Wildman–Crippen LogP) is 4.55. The van der Waals surface area contributed by atoms with Crippen molar-refractivity contribution in [2.24, 2.45) is 22.7 Å². The molecule has 58 heavy (non-hydrogen) atoms. The molecular formula is C40H66N4O14. The molecule has 2 heterocycles. The molecule has 18 heteroatoms. The first-order valence-corrected chi connectivity index (χ1v) is 19.8. The summed E-state index contributed by atoms with van der Waals surface area (Å²) in [7, 11) is 0. The van der Waals surface area contributed by atoms with Gasteiger partial charge in [-0.1, -0.05) is 54.7 Å². The predicted molar refractivity (Wildman–Crippen MR) is 211 cm³/mol. The van der Waals surface area contributed by atoms with Crippen LogP contribution in [0.3, 0.4) is 0 Å².